The molecule has 6 nitrogen and oxygen atoms in total. The lowest BCUT2D eigenvalue weighted by Gasteiger charge is -2.34. The van der Waals surface area contributed by atoms with Crippen molar-refractivity contribution in [1.29, 1.82) is 0 Å². The Morgan fingerprint density at radius 2 is 1.70 bits per heavy atom. The first-order valence-electron chi connectivity index (χ1n) is 8.85. The molecule has 0 aromatic heterocycles. The zero-order chi connectivity index (χ0) is 19.1. The molecule has 2 aromatic rings. The molecule has 27 heavy (non-hydrogen) atoms. The Morgan fingerprint density at radius 3 is 2.37 bits per heavy atom. The summed E-state index contributed by atoms with van der Waals surface area (Å²) in [5.41, 5.74) is 2.94. The van der Waals surface area contributed by atoms with Crippen LogP contribution in [0.5, 0.6) is 23.0 Å². The van der Waals surface area contributed by atoms with Gasteiger partial charge in [-0.15, -0.1) is 0 Å². The zero-order valence-corrected chi connectivity index (χ0v) is 15.5. The molecule has 1 heterocycles. The van der Waals surface area contributed by atoms with Crippen LogP contribution in [0.4, 0.5) is 0 Å². The number of esters is 1. The van der Waals surface area contributed by atoms with E-state index in [2.05, 4.69) is 0 Å². The molecule has 0 bridgehead atoms. The third-order valence-corrected chi connectivity index (χ3v) is 5.60. The average Bonchev–Trinajstić information content (AvgIpc) is 3.05. The van der Waals surface area contributed by atoms with Gasteiger partial charge >= 0.3 is 5.97 Å². The van der Waals surface area contributed by atoms with E-state index in [0.29, 0.717) is 23.9 Å². The second kappa shape index (κ2) is 6.68. The first-order chi connectivity index (χ1) is 13.1. The number of phenols is 1. The van der Waals surface area contributed by atoms with E-state index >= 15 is 0 Å². The van der Waals surface area contributed by atoms with Crippen molar-refractivity contribution in [3.8, 4) is 23.0 Å². The molecule has 1 aliphatic carbocycles. The molecule has 2 aromatic carbocycles. The fourth-order valence-corrected chi connectivity index (χ4v) is 4.34. The molecule has 4 rings (SSSR count). The number of hydrogen-bond acceptors (Lipinski definition) is 6. The lowest BCUT2D eigenvalue weighted by molar-refractivity contribution is -0.141. The van der Waals surface area contributed by atoms with Crippen LogP contribution in [-0.2, 0) is 16.0 Å². The van der Waals surface area contributed by atoms with Gasteiger partial charge in [0.2, 0.25) is 0 Å². The Kier molecular flexibility index (Phi) is 4.34. The van der Waals surface area contributed by atoms with E-state index < -0.39 is 0 Å². The molecule has 0 saturated carbocycles. The van der Waals surface area contributed by atoms with Gasteiger partial charge in [0.15, 0.2) is 23.0 Å². The van der Waals surface area contributed by atoms with E-state index in [1.165, 1.54) is 7.11 Å². The van der Waals surface area contributed by atoms with E-state index in [-0.39, 0.29) is 29.5 Å². The molecule has 0 unspecified atom stereocenters. The number of rotatable bonds is 4. The van der Waals surface area contributed by atoms with Crippen LogP contribution in [0.2, 0.25) is 0 Å². The van der Waals surface area contributed by atoms with Gasteiger partial charge in [0.1, 0.15) is 0 Å². The van der Waals surface area contributed by atoms with Crippen molar-refractivity contribution in [3.05, 3.63) is 47.0 Å². The lowest BCUT2D eigenvalue weighted by Crippen LogP contribution is -2.31. The van der Waals surface area contributed by atoms with Gasteiger partial charge < -0.3 is 24.1 Å². The van der Waals surface area contributed by atoms with Crippen LogP contribution in [0.3, 0.4) is 0 Å². The highest BCUT2D eigenvalue weighted by Gasteiger charge is 2.47. The largest absolute Gasteiger partial charge is 0.504 e. The van der Waals surface area contributed by atoms with Crippen molar-refractivity contribution in [2.24, 2.45) is 11.8 Å². The summed E-state index contributed by atoms with van der Waals surface area (Å²) in [5, 5.41) is 10.3. The number of carbonyl (C=O) groups is 1. The standard InChI is InChI=1S/C21H22O6/c1-24-16-5-4-11(7-15(16)22)19-14-9-18(26-3)17(25-2)8-12(14)6-13-10-27-21(23)20(13)19/h4-5,7-9,13,19-20,22H,6,10H2,1-3H3/t13-,19-,20-/m0/s1. The number of carbonyl (C=O) groups excluding carboxylic acids is 1. The smallest absolute Gasteiger partial charge is 0.310 e. The number of cyclic esters (lactones) is 1. The molecule has 0 amide bonds. The van der Waals surface area contributed by atoms with Crippen molar-refractivity contribution in [2.75, 3.05) is 27.9 Å². The van der Waals surface area contributed by atoms with Crippen LogP contribution in [0, 0.1) is 11.8 Å². The molecule has 3 atom stereocenters. The van der Waals surface area contributed by atoms with Crippen LogP contribution < -0.4 is 14.2 Å². The summed E-state index contributed by atoms with van der Waals surface area (Å²) in [6.45, 7) is 0.413. The molecular formula is C21H22O6. The van der Waals surface area contributed by atoms with Gasteiger partial charge in [-0.05, 0) is 47.4 Å². The number of aromatic hydroxyl groups is 1. The minimum absolute atomic E-state index is 0.0468. The highest BCUT2D eigenvalue weighted by atomic mass is 16.5. The van der Waals surface area contributed by atoms with E-state index in [4.69, 9.17) is 18.9 Å². The Bertz CT molecular complexity index is 890. The lowest BCUT2D eigenvalue weighted by atomic mass is 9.67. The summed E-state index contributed by atoms with van der Waals surface area (Å²) >= 11 is 0. The van der Waals surface area contributed by atoms with Crippen molar-refractivity contribution >= 4 is 5.97 Å². The summed E-state index contributed by atoms with van der Waals surface area (Å²) in [6.07, 6.45) is 0.741. The van der Waals surface area contributed by atoms with Crippen molar-refractivity contribution in [3.63, 3.8) is 0 Å². The second-order valence-electron chi connectivity index (χ2n) is 6.93. The number of phenolic OH excluding ortho intramolecular Hbond substituents is 1. The summed E-state index contributed by atoms with van der Waals surface area (Å²) in [5.74, 6) is 1.10. The summed E-state index contributed by atoms with van der Waals surface area (Å²) < 4.78 is 21.5. The quantitative estimate of drug-likeness (QED) is 0.835. The third kappa shape index (κ3) is 2.76. The maximum atomic E-state index is 12.5. The van der Waals surface area contributed by atoms with Gasteiger partial charge in [0, 0.05) is 11.8 Å². The first-order valence-corrected chi connectivity index (χ1v) is 8.85. The van der Waals surface area contributed by atoms with E-state index in [1.54, 1.807) is 26.4 Å². The highest BCUT2D eigenvalue weighted by Crippen LogP contribution is 2.50. The molecule has 1 N–H and O–H groups in total. The van der Waals surface area contributed by atoms with E-state index in [1.807, 2.05) is 18.2 Å². The molecule has 6 heteroatoms. The molecule has 0 radical (unpaired) electrons. The molecule has 1 aliphatic heterocycles. The maximum absolute atomic E-state index is 12.5. The fourth-order valence-electron chi connectivity index (χ4n) is 4.34. The van der Waals surface area contributed by atoms with Gasteiger partial charge in [-0.2, -0.15) is 0 Å². The second-order valence-corrected chi connectivity index (χ2v) is 6.93. The number of hydrogen-bond donors (Lipinski definition) is 1. The Balaban J connectivity index is 1.90. The number of ether oxygens (including phenoxy) is 4. The monoisotopic (exact) mass is 370 g/mol. The van der Waals surface area contributed by atoms with Gasteiger partial charge in [-0.1, -0.05) is 6.07 Å². The van der Waals surface area contributed by atoms with Gasteiger partial charge in [-0.3, -0.25) is 4.79 Å². The minimum Gasteiger partial charge on any atom is -0.504 e. The predicted molar refractivity (Wildman–Crippen MR) is 97.7 cm³/mol. The van der Waals surface area contributed by atoms with E-state index in [9.17, 15) is 9.90 Å². The fraction of sp³-hybridized carbons (Fsp3) is 0.381. The Hall–Kier alpha value is -2.89. The van der Waals surface area contributed by atoms with Crippen LogP contribution >= 0.6 is 0 Å². The normalized spacial score (nSPS) is 23.2. The molecule has 2 aliphatic rings. The predicted octanol–water partition coefficient (Wildman–Crippen LogP) is 2.90. The van der Waals surface area contributed by atoms with Crippen LogP contribution in [-0.4, -0.2) is 39.0 Å². The number of benzene rings is 2. The number of fused-ring (bicyclic) bond motifs is 2. The topological polar surface area (TPSA) is 74.2 Å². The maximum Gasteiger partial charge on any atom is 0.310 e. The molecule has 1 fully saturated rings. The molecule has 0 spiro atoms. The average molecular weight is 370 g/mol. The van der Waals surface area contributed by atoms with Crippen molar-refractivity contribution < 1.29 is 28.8 Å². The zero-order valence-electron chi connectivity index (χ0n) is 15.5. The van der Waals surface area contributed by atoms with Gasteiger partial charge in [-0.25, -0.2) is 0 Å². The molecular weight excluding hydrogens is 348 g/mol. The summed E-state index contributed by atoms with van der Waals surface area (Å²) in [6, 6.07) is 9.18. The molecule has 1 saturated heterocycles. The van der Waals surface area contributed by atoms with Gasteiger partial charge in [0.25, 0.3) is 0 Å². The van der Waals surface area contributed by atoms with Gasteiger partial charge in [0.05, 0.1) is 33.9 Å². The first kappa shape index (κ1) is 17.5. The van der Waals surface area contributed by atoms with Crippen molar-refractivity contribution in [2.45, 2.75) is 12.3 Å². The Morgan fingerprint density at radius 1 is 1.00 bits per heavy atom. The minimum atomic E-state index is -0.289. The van der Waals surface area contributed by atoms with Crippen LogP contribution in [0.25, 0.3) is 0 Å². The Labute approximate surface area is 157 Å². The number of methoxy groups -OCH3 is 3. The van der Waals surface area contributed by atoms with Crippen LogP contribution in [0.15, 0.2) is 30.3 Å². The molecule has 142 valence electrons. The third-order valence-electron chi connectivity index (χ3n) is 5.60. The summed E-state index contributed by atoms with van der Waals surface area (Å²) in [7, 11) is 4.71. The highest BCUT2D eigenvalue weighted by molar-refractivity contribution is 5.78. The van der Waals surface area contributed by atoms with Crippen molar-refractivity contribution in [1.82, 2.24) is 0 Å². The summed E-state index contributed by atoms with van der Waals surface area (Å²) in [4.78, 5) is 12.5. The van der Waals surface area contributed by atoms with E-state index in [0.717, 1.165) is 23.1 Å². The van der Waals surface area contributed by atoms with Crippen LogP contribution in [0.1, 0.15) is 22.6 Å². The SMILES string of the molecule is COc1ccc([C@H]2c3cc(OC)c(OC)cc3C[C@H]3COC(=O)[C@@H]32)cc1O.